The molecule has 0 fully saturated rings. The van der Waals surface area contributed by atoms with Crippen molar-refractivity contribution in [1.29, 1.82) is 0 Å². The highest BCUT2D eigenvalue weighted by Gasteiger charge is 2.35. The van der Waals surface area contributed by atoms with Crippen molar-refractivity contribution >= 4 is 23.9 Å². The fraction of sp³-hybridized carbons (Fsp3) is 0.789. The summed E-state index contributed by atoms with van der Waals surface area (Å²) < 4.78 is 0. The summed E-state index contributed by atoms with van der Waals surface area (Å²) in [6.07, 6.45) is 5.53. The van der Waals surface area contributed by atoms with E-state index in [-0.39, 0.29) is 18.7 Å². The molecule has 3 amide bonds. The Kier molecular flexibility index (Phi) is 15.1. The monoisotopic (exact) mass is 442 g/mol. The Morgan fingerprint density at radius 3 is 2.13 bits per heavy atom. The quantitative estimate of drug-likeness (QED) is 0.0936. The van der Waals surface area contributed by atoms with Gasteiger partial charge in [-0.1, -0.05) is 18.0 Å². The third-order valence-corrected chi connectivity index (χ3v) is 4.64. The van der Waals surface area contributed by atoms with E-state index in [1.165, 1.54) is 6.92 Å². The summed E-state index contributed by atoms with van der Waals surface area (Å²) in [5.41, 5.74) is 6.50. The van der Waals surface area contributed by atoms with E-state index in [4.69, 9.17) is 10.6 Å². The van der Waals surface area contributed by atoms with E-state index >= 15 is 0 Å². The Labute approximate surface area is 181 Å². The summed E-state index contributed by atoms with van der Waals surface area (Å²) in [7, 11) is 0. The molecule has 0 rings (SSSR count). The lowest BCUT2D eigenvalue weighted by Crippen LogP contribution is -2.55. The van der Waals surface area contributed by atoms with Gasteiger partial charge in [-0.3, -0.25) is 9.59 Å². The molecule has 0 radical (unpaired) electrons. The Balaban J connectivity index is 3.77. The van der Waals surface area contributed by atoms with Crippen LogP contribution in [0.15, 0.2) is 5.11 Å². The van der Waals surface area contributed by atoms with Gasteiger partial charge in [0.1, 0.15) is 5.54 Å². The van der Waals surface area contributed by atoms with E-state index in [0.29, 0.717) is 32.5 Å². The van der Waals surface area contributed by atoms with Crippen molar-refractivity contribution in [3.8, 4) is 0 Å². The Hall–Kier alpha value is -3.01. The molecule has 0 bridgehead atoms. The smallest absolute Gasteiger partial charge is 0.329 e. The number of carboxylic acids is 2. The van der Waals surface area contributed by atoms with Crippen LogP contribution in [0.3, 0.4) is 0 Å². The first-order chi connectivity index (χ1) is 14.7. The average molecular weight is 443 g/mol. The van der Waals surface area contributed by atoms with E-state index < -0.39 is 23.5 Å². The number of amides is 3. The van der Waals surface area contributed by atoms with Gasteiger partial charge in [0.05, 0.1) is 0 Å². The van der Waals surface area contributed by atoms with Gasteiger partial charge in [-0.05, 0) is 51.0 Å². The van der Waals surface area contributed by atoms with E-state index in [1.807, 2.05) is 0 Å². The Morgan fingerprint density at radius 1 is 0.903 bits per heavy atom. The number of urea groups is 1. The van der Waals surface area contributed by atoms with Gasteiger partial charge in [0.25, 0.3) is 0 Å². The minimum Gasteiger partial charge on any atom is -0.481 e. The van der Waals surface area contributed by atoms with Crippen molar-refractivity contribution in [3.05, 3.63) is 10.4 Å². The van der Waals surface area contributed by atoms with Crippen LogP contribution in [-0.4, -0.2) is 59.3 Å². The van der Waals surface area contributed by atoms with Gasteiger partial charge in [0, 0.05) is 37.4 Å². The van der Waals surface area contributed by atoms with Gasteiger partial charge >= 0.3 is 18.0 Å². The normalized spacial score (nSPS) is 12.2. The summed E-state index contributed by atoms with van der Waals surface area (Å²) in [6.45, 7) is 2.64. The minimum absolute atomic E-state index is 0.00173. The number of nitrogens with zero attached hydrogens (tertiary/aromatic N) is 3. The highest BCUT2D eigenvalue weighted by molar-refractivity contribution is 5.86. The second-order valence-electron chi connectivity index (χ2n) is 7.44. The summed E-state index contributed by atoms with van der Waals surface area (Å²) in [4.78, 5) is 48.2. The fourth-order valence-electron chi connectivity index (χ4n) is 2.69. The van der Waals surface area contributed by atoms with Crippen LogP contribution in [0, 0.1) is 0 Å². The molecule has 0 aliphatic carbocycles. The number of rotatable bonds is 18. The molecule has 176 valence electrons. The zero-order valence-electron chi connectivity index (χ0n) is 18.1. The molecule has 0 aromatic carbocycles. The number of aliphatic carboxylic acids is 2. The Bertz CT molecular complexity index is 637. The molecule has 0 heterocycles. The molecular formula is C19H34N6O6. The van der Waals surface area contributed by atoms with Crippen molar-refractivity contribution in [2.45, 2.75) is 76.7 Å². The molecule has 12 nitrogen and oxygen atoms in total. The predicted octanol–water partition coefficient (Wildman–Crippen LogP) is 2.54. The van der Waals surface area contributed by atoms with Crippen LogP contribution in [0.5, 0.6) is 0 Å². The largest absolute Gasteiger partial charge is 0.481 e. The molecule has 0 aliphatic rings. The van der Waals surface area contributed by atoms with Gasteiger partial charge in [-0.2, -0.15) is 0 Å². The van der Waals surface area contributed by atoms with Crippen molar-refractivity contribution in [2.24, 2.45) is 5.11 Å². The van der Waals surface area contributed by atoms with Crippen LogP contribution in [0.25, 0.3) is 10.4 Å². The zero-order chi connectivity index (χ0) is 23.5. The van der Waals surface area contributed by atoms with E-state index in [0.717, 1.165) is 38.5 Å². The SMILES string of the molecule is C[C@@](CCC(=O)O)(NC(=O)NCCCCCNC(=O)CCCCCCN=[N+]=[N-])C(=O)O. The lowest BCUT2D eigenvalue weighted by atomic mass is 9.96. The third-order valence-electron chi connectivity index (χ3n) is 4.64. The molecule has 0 aromatic heterocycles. The van der Waals surface area contributed by atoms with Crippen molar-refractivity contribution in [3.63, 3.8) is 0 Å². The number of azide groups is 1. The first kappa shape index (κ1) is 28.0. The standard InChI is InChI=1S/C19H34N6O6/c1-19(17(29)30,11-10-16(27)28)24-18(31)22-13-7-4-6-12-21-15(26)9-5-2-3-8-14-23-25-20/h2-14H2,1H3,(H,21,26)(H,27,28)(H,29,30)(H2,22,24,31)/t19-/m0/s1. The molecule has 5 N–H and O–H groups in total. The number of carbonyl (C=O) groups is 4. The van der Waals surface area contributed by atoms with Gasteiger partial charge in [0.15, 0.2) is 0 Å². The lowest BCUT2D eigenvalue weighted by molar-refractivity contribution is -0.145. The second kappa shape index (κ2) is 16.8. The average Bonchev–Trinajstić information content (AvgIpc) is 2.70. The maximum Gasteiger partial charge on any atom is 0.329 e. The summed E-state index contributed by atoms with van der Waals surface area (Å²) >= 11 is 0. The first-order valence-corrected chi connectivity index (χ1v) is 10.5. The summed E-state index contributed by atoms with van der Waals surface area (Å²) in [5.74, 6) is -2.43. The number of hydrogen-bond donors (Lipinski definition) is 5. The molecule has 0 aliphatic heterocycles. The van der Waals surface area contributed by atoms with Crippen molar-refractivity contribution < 1.29 is 29.4 Å². The molecular weight excluding hydrogens is 408 g/mol. The van der Waals surface area contributed by atoms with Crippen molar-refractivity contribution in [2.75, 3.05) is 19.6 Å². The van der Waals surface area contributed by atoms with Gasteiger partial charge in [-0.15, -0.1) is 0 Å². The zero-order valence-corrected chi connectivity index (χ0v) is 18.1. The van der Waals surface area contributed by atoms with Crippen LogP contribution in [0.2, 0.25) is 0 Å². The molecule has 31 heavy (non-hydrogen) atoms. The maximum atomic E-state index is 11.9. The second-order valence-corrected chi connectivity index (χ2v) is 7.44. The van der Waals surface area contributed by atoms with Crippen molar-refractivity contribution in [1.82, 2.24) is 16.0 Å². The van der Waals surface area contributed by atoms with Crippen LogP contribution >= 0.6 is 0 Å². The van der Waals surface area contributed by atoms with Crippen LogP contribution in [-0.2, 0) is 14.4 Å². The first-order valence-electron chi connectivity index (χ1n) is 10.5. The molecule has 0 saturated heterocycles. The van der Waals surface area contributed by atoms with Crippen LogP contribution < -0.4 is 16.0 Å². The number of carboxylic acid groups (broad SMARTS) is 2. The van der Waals surface area contributed by atoms with E-state index in [2.05, 4.69) is 26.0 Å². The number of unbranched alkanes of at least 4 members (excludes halogenated alkanes) is 5. The molecule has 0 saturated carbocycles. The lowest BCUT2D eigenvalue weighted by Gasteiger charge is -2.25. The summed E-state index contributed by atoms with van der Waals surface area (Å²) in [5, 5.41) is 29.1. The number of nitrogens with one attached hydrogen (secondary N) is 3. The maximum absolute atomic E-state index is 11.9. The Morgan fingerprint density at radius 2 is 1.52 bits per heavy atom. The molecule has 0 unspecified atom stereocenters. The highest BCUT2D eigenvalue weighted by Crippen LogP contribution is 2.13. The van der Waals surface area contributed by atoms with E-state index in [1.54, 1.807) is 0 Å². The number of carbonyl (C=O) groups excluding carboxylic acids is 2. The molecule has 0 spiro atoms. The number of hydrogen-bond acceptors (Lipinski definition) is 5. The molecule has 12 heteroatoms. The topological polar surface area (TPSA) is 194 Å². The molecule has 1 atom stereocenters. The highest BCUT2D eigenvalue weighted by atomic mass is 16.4. The van der Waals surface area contributed by atoms with Crippen LogP contribution in [0.1, 0.15) is 71.1 Å². The van der Waals surface area contributed by atoms with Gasteiger partial charge in [0.2, 0.25) is 5.91 Å². The fourth-order valence-corrected chi connectivity index (χ4v) is 2.69. The third kappa shape index (κ3) is 15.5. The minimum atomic E-state index is -1.66. The van der Waals surface area contributed by atoms with Gasteiger partial charge in [-0.25, -0.2) is 9.59 Å². The predicted molar refractivity (Wildman–Crippen MR) is 113 cm³/mol. The van der Waals surface area contributed by atoms with Crippen LogP contribution in [0.4, 0.5) is 4.79 Å². The molecule has 0 aromatic rings. The van der Waals surface area contributed by atoms with E-state index in [9.17, 15) is 24.3 Å². The van der Waals surface area contributed by atoms with Gasteiger partial charge < -0.3 is 26.2 Å². The summed E-state index contributed by atoms with van der Waals surface area (Å²) in [6, 6.07) is -0.664.